The fraction of sp³-hybridized carbons (Fsp3) is 0.739. The van der Waals surface area contributed by atoms with Gasteiger partial charge in [0.05, 0.1) is 71.7 Å². The average Bonchev–Trinajstić information content (AvgIpc) is 3.26. The van der Waals surface area contributed by atoms with E-state index in [1.807, 2.05) is 13.8 Å². The number of hydrogen-bond acceptors (Lipinski definition) is 16. The van der Waals surface area contributed by atoms with E-state index in [0.717, 1.165) is 5.71 Å². The van der Waals surface area contributed by atoms with Gasteiger partial charge in [0, 0.05) is 62.0 Å². The van der Waals surface area contributed by atoms with Gasteiger partial charge in [0.15, 0.2) is 17.3 Å². The molecule has 0 radical (unpaired) electrons. The topological polar surface area (TPSA) is 223 Å². The first-order valence-electron chi connectivity index (χ1n) is 22.3. The highest BCUT2D eigenvalue weighted by atomic mass is 16.5. The molecule has 0 aliphatic rings. The predicted molar refractivity (Wildman–Crippen MR) is 239 cm³/mol. The van der Waals surface area contributed by atoms with Crippen LogP contribution in [0, 0.1) is 0 Å². The van der Waals surface area contributed by atoms with E-state index < -0.39 is 0 Å². The minimum Gasteiger partial charge on any atom is -0.466 e. The Bertz CT molecular complexity index is 1530. The third kappa shape index (κ3) is 37.0. The molecule has 0 N–H and O–H groups in total. The van der Waals surface area contributed by atoms with Crippen LogP contribution in [-0.2, 0) is 57.3 Å². The number of nitrogens with zero attached hydrogens (tertiary/aromatic N) is 4. The van der Waals surface area contributed by atoms with Crippen molar-refractivity contribution in [3.05, 3.63) is 0 Å². The maximum absolute atomic E-state index is 12.3. The summed E-state index contributed by atoms with van der Waals surface area (Å²) in [6, 6.07) is 0. The van der Waals surface area contributed by atoms with Crippen molar-refractivity contribution >= 4 is 69.9 Å². The van der Waals surface area contributed by atoms with Gasteiger partial charge in [0.25, 0.3) is 0 Å². The summed E-state index contributed by atoms with van der Waals surface area (Å²) in [6.45, 7) is 10.0. The monoisotopic (exact) mass is 875 g/mol. The molecule has 0 aromatic carbocycles. The van der Waals surface area contributed by atoms with Gasteiger partial charge in [-0.2, -0.15) is 0 Å². The summed E-state index contributed by atoms with van der Waals surface area (Å²) in [5, 5.41) is 0. The number of hydrogen-bond donors (Lipinski definition) is 0. The van der Waals surface area contributed by atoms with Crippen molar-refractivity contribution in [2.45, 2.75) is 169 Å². The molecular weight excluding hydrogens is 801 g/mol. The molecule has 0 saturated carbocycles. The third-order valence-electron chi connectivity index (χ3n) is 9.57. The molecule has 16 nitrogen and oxygen atoms in total. The molecule has 16 heteroatoms. The van der Waals surface area contributed by atoms with E-state index in [0.29, 0.717) is 133 Å². The summed E-state index contributed by atoms with van der Waals surface area (Å²) in [5.41, 5.74) is 2.95. The van der Waals surface area contributed by atoms with Crippen LogP contribution < -0.4 is 0 Å². The van der Waals surface area contributed by atoms with Gasteiger partial charge in [-0.05, 0) is 105 Å². The van der Waals surface area contributed by atoms with Crippen LogP contribution in [0.2, 0.25) is 0 Å². The lowest BCUT2D eigenvalue weighted by Gasteiger charge is -2.07. The molecule has 0 aromatic rings. The largest absolute Gasteiger partial charge is 0.466 e. The van der Waals surface area contributed by atoms with Crippen molar-refractivity contribution in [1.82, 2.24) is 0 Å². The van der Waals surface area contributed by atoms with E-state index >= 15 is 0 Å². The van der Waals surface area contributed by atoms with E-state index in [4.69, 9.17) is 18.9 Å². The minimum atomic E-state index is -0.376. The van der Waals surface area contributed by atoms with Gasteiger partial charge in [-0.1, -0.05) is 6.92 Å². The van der Waals surface area contributed by atoms with E-state index in [1.54, 1.807) is 27.8 Å². The smallest absolute Gasteiger partial charge is 0.306 e. The SMILES string of the molecule is CCC(=O)CCCCC(=O)CN=C(C)CCC(=O)OCCCCOC(=O)CCC(C)=NCC(=O)CCCCC(=O)CN=C(C)CCC(=O)OCCCCOC(=O)CCC(C)=NC. The van der Waals surface area contributed by atoms with Gasteiger partial charge in [0.1, 0.15) is 5.78 Å². The fourth-order valence-corrected chi connectivity index (χ4v) is 5.29. The minimum absolute atomic E-state index is 0.0143. The summed E-state index contributed by atoms with van der Waals surface area (Å²) < 4.78 is 20.9. The number of ketones is 4. The molecule has 0 heterocycles. The first-order chi connectivity index (χ1) is 29.6. The molecule has 0 atom stereocenters. The molecular formula is C46H74N4O12. The number of carbonyl (C=O) groups excluding carboxylic acids is 8. The van der Waals surface area contributed by atoms with Crippen LogP contribution in [0.15, 0.2) is 20.0 Å². The van der Waals surface area contributed by atoms with Crippen LogP contribution in [0.3, 0.4) is 0 Å². The number of Topliss-reactive ketones (excluding diaryl/α,β-unsaturated/α-hetero) is 4. The Balaban J connectivity index is 3.93. The van der Waals surface area contributed by atoms with Gasteiger partial charge in [0.2, 0.25) is 0 Å². The summed E-state index contributed by atoms with van der Waals surface area (Å²) >= 11 is 0. The normalized spacial score (nSPS) is 12.2. The second kappa shape index (κ2) is 38.0. The van der Waals surface area contributed by atoms with Crippen LogP contribution in [-0.4, -0.2) is 123 Å². The standard InChI is InChI=1S/C46H74N4O12/c1-7-39(51)16-8-9-17-40(52)32-48-36(3)21-25-45(57)61-30-14-15-31-62-46(58)27-23-38(5)50-34-42(54)19-11-10-18-41(53)33-49-37(4)22-26-44(56)60-29-13-12-28-59-43(55)24-20-35(2)47-6/h7-34H2,1-6H3. The average molecular weight is 875 g/mol. The highest BCUT2D eigenvalue weighted by Crippen LogP contribution is 2.07. The van der Waals surface area contributed by atoms with E-state index in [9.17, 15) is 38.4 Å². The second-order valence-electron chi connectivity index (χ2n) is 15.3. The molecule has 350 valence electrons. The number of aliphatic imine (C=N–C) groups is 4. The Morgan fingerprint density at radius 2 is 0.597 bits per heavy atom. The lowest BCUT2D eigenvalue weighted by Crippen LogP contribution is -2.11. The van der Waals surface area contributed by atoms with E-state index in [-0.39, 0.29) is 112 Å². The van der Waals surface area contributed by atoms with Crippen LogP contribution in [0.4, 0.5) is 0 Å². The molecule has 0 saturated heterocycles. The molecule has 0 unspecified atom stereocenters. The van der Waals surface area contributed by atoms with Crippen LogP contribution >= 0.6 is 0 Å². The van der Waals surface area contributed by atoms with Gasteiger partial charge in [-0.25, -0.2) is 0 Å². The van der Waals surface area contributed by atoms with Crippen LogP contribution in [0.5, 0.6) is 0 Å². The lowest BCUT2D eigenvalue weighted by molar-refractivity contribution is -0.146. The fourth-order valence-electron chi connectivity index (χ4n) is 5.29. The first kappa shape index (κ1) is 57.2. The van der Waals surface area contributed by atoms with Gasteiger partial charge in [-0.3, -0.25) is 58.3 Å². The second-order valence-corrected chi connectivity index (χ2v) is 15.3. The Hall–Kier alpha value is -4.76. The Labute approximate surface area is 368 Å². The van der Waals surface area contributed by atoms with Crippen LogP contribution in [0.1, 0.15) is 169 Å². The maximum Gasteiger partial charge on any atom is 0.306 e. The molecule has 0 fully saturated rings. The summed E-state index contributed by atoms with van der Waals surface area (Å²) in [4.78, 5) is 112. The number of ether oxygens (including phenoxy) is 4. The molecule has 0 bridgehead atoms. The molecule has 0 aliphatic carbocycles. The summed E-state index contributed by atoms with van der Waals surface area (Å²) in [7, 11) is 1.68. The number of unbranched alkanes of at least 4 members (excludes halogenated alkanes) is 4. The highest BCUT2D eigenvalue weighted by Gasteiger charge is 2.10. The molecule has 62 heavy (non-hydrogen) atoms. The number of esters is 4. The van der Waals surface area contributed by atoms with Crippen molar-refractivity contribution in [1.29, 1.82) is 0 Å². The quantitative estimate of drug-likeness (QED) is 0.0261. The third-order valence-corrected chi connectivity index (χ3v) is 9.57. The number of carbonyl (C=O) groups is 8. The lowest BCUT2D eigenvalue weighted by atomic mass is 10.1. The molecule has 0 aliphatic heterocycles. The van der Waals surface area contributed by atoms with Gasteiger partial charge in [-0.15, -0.1) is 0 Å². The molecule has 0 amide bonds. The summed E-state index contributed by atoms with van der Waals surface area (Å²) in [5.74, 6) is -1.23. The van der Waals surface area contributed by atoms with Crippen molar-refractivity contribution in [2.75, 3.05) is 53.1 Å². The van der Waals surface area contributed by atoms with Gasteiger partial charge < -0.3 is 18.9 Å². The van der Waals surface area contributed by atoms with Gasteiger partial charge >= 0.3 is 23.9 Å². The van der Waals surface area contributed by atoms with E-state index in [1.165, 1.54) is 0 Å². The maximum atomic E-state index is 12.3. The van der Waals surface area contributed by atoms with Crippen LogP contribution in [0.25, 0.3) is 0 Å². The highest BCUT2D eigenvalue weighted by molar-refractivity contribution is 5.91. The van der Waals surface area contributed by atoms with Crippen molar-refractivity contribution < 1.29 is 57.3 Å². The van der Waals surface area contributed by atoms with Crippen molar-refractivity contribution in [3.8, 4) is 0 Å². The Kier molecular flexibility index (Phi) is 35.0. The van der Waals surface area contributed by atoms with Crippen molar-refractivity contribution in [3.63, 3.8) is 0 Å². The Morgan fingerprint density at radius 3 is 0.855 bits per heavy atom. The molecule has 0 aromatic heterocycles. The zero-order chi connectivity index (χ0) is 46.4. The Morgan fingerprint density at radius 1 is 0.339 bits per heavy atom. The first-order valence-corrected chi connectivity index (χ1v) is 22.3. The number of rotatable bonds is 39. The van der Waals surface area contributed by atoms with E-state index in [2.05, 4.69) is 20.0 Å². The molecule has 0 spiro atoms. The molecule has 0 rings (SSSR count). The predicted octanol–water partition coefficient (Wildman–Crippen LogP) is 7.12. The summed E-state index contributed by atoms with van der Waals surface area (Å²) in [6.07, 6.45) is 9.26. The van der Waals surface area contributed by atoms with Crippen molar-refractivity contribution in [2.24, 2.45) is 20.0 Å². The zero-order valence-electron chi connectivity index (χ0n) is 38.5. The zero-order valence-corrected chi connectivity index (χ0v) is 38.5.